The molecule has 1 aromatic carbocycles. The van der Waals surface area contributed by atoms with Crippen molar-refractivity contribution in [1.29, 1.82) is 0 Å². The number of nitrogens with one attached hydrogen (secondary N) is 1. The highest BCUT2D eigenvalue weighted by Gasteiger charge is 2.42. The van der Waals surface area contributed by atoms with Crippen molar-refractivity contribution in [2.45, 2.75) is 57.0 Å². The second-order valence-electron chi connectivity index (χ2n) is 6.63. The van der Waals surface area contributed by atoms with Gasteiger partial charge in [-0.05, 0) is 24.8 Å². The molecule has 0 radical (unpaired) electrons. The van der Waals surface area contributed by atoms with Crippen LogP contribution in [0.4, 0.5) is 0 Å². The Morgan fingerprint density at radius 3 is 2.70 bits per heavy atom. The molecule has 23 heavy (non-hydrogen) atoms. The number of hydrogen-bond donors (Lipinski definition) is 1. The topological polar surface area (TPSA) is 59.8 Å². The van der Waals surface area contributed by atoms with Gasteiger partial charge in [0.25, 0.3) is 0 Å². The molecule has 0 bridgehead atoms. The van der Waals surface area contributed by atoms with Crippen LogP contribution in [0.3, 0.4) is 0 Å². The summed E-state index contributed by atoms with van der Waals surface area (Å²) in [5.41, 5.74) is 0.774. The van der Waals surface area contributed by atoms with E-state index in [1.165, 1.54) is 0 Å². The number of hydrogen-bond acceptors (Lipinski definition) is 3. The largest absolute Gasteiger partial charge is 0.348 e. The molecular formula is C18H22N4O. The lowest BCUT2D eigenvalue weighted by molar-refractivity contribution is -0.126. The summed E-state index contributed by atoms with van der Waals surface area (Å²) in [4.78, 5) is 13.0. The van der Waals surface area contributed by atoms with E-state index < -0.39 is 0 Å². The minimum absolute atomic E-state index is 0.136. The Morgan fingerprint density at radius 2 is 1.91 bits per heavy atom. The summed E-state index contributed by atoms with van der Waals surface area (Å²) < 4.78 is 2.14. The van der Waals surface area contributed by atoms with Crippen molar-refractivity contribution < 1.29 is 4.79 Å². The molecule has 0 atom stereocenters. The summed E-state index contributed by atoms with van der Waals surface area (Å²) in [6, 6.07) is 10.2. The zero-order chi connectivity index (χ0) is 15.7. The van der Waals surface area contributed by atoms with Crippen molar-refractivity contribution in [2.24, 2.45) is 0 Å². The second kappa shape index (κ2) is 5.80. The number of rotatable bonds is 4. The van der Waals surface area contributed by atoms with E-state index in [1.54, 1.807) is 0 Å². The van der Waals surface area contributed by atoms with Crippen LogP contribution >= 0.6 is 0 Å². The molecule has 5 heteroatoms. The minimum Gasteiger partial charge on any atom is -0.348 e. The van der Waals surface area contributed by atoms with Crippen LogP contribution in [0.15, 0.2) is 30.3 Å². The summed E-state index contributed by atoms with van der Waals surface area (Å²) in [6.45, 7) is 1.44. The van der Waals surface area contributed by atoms with E-state index in [9.17, 15) is 4.79 Å². The van der Waals surface area contributed by atoms with Crippen LogP contribution in [0.5, 0.6) is 0 Å². The lowest BCUT2D eigenvalue weighted by Gasteiger charge is -2.28. The fourth-order valence-corrected chi connectivity index (χ4v) is 4.05. The van der Waals surface area contributed by atoms with Crippen molar-refractivity contribution in [1.82, 2.24) is 20.1 Å². The van der Waals surface area contributed by atoms with Gasteiger partial charge in [-0.25, -0.2) is 0 Å². The van der Waals surface area contributed by atoms with E-state index >= 15 is 0 Å². The third-order valence-electron chi connectivity index (χ3n) is 5.31. The van der Waals surface area contributed by atoms with E-state index in [4.69, 9.17) is 0 Å². The van der Waals surface area contributed by atoms with Gasteiger partial charge >= 0.3 is 0 Å². The van der Waals surface area contributed by atoms with Crippen LogP contribution in [-0.4, -0.2) is 20.7 Å². The third kappa shape index (κ3) is 2.44. The average molecular weight is 310 g/mol. The molecule has 2 aliphatic rings. The Balaban J connectivity index is 1.52. The summed E-state index contributed by atoms with van der Waals surface area (Å²) in [5, 5.41) is 11.6. The Morgan fingerprint density at radius 1 is 1.13 bits per heavy atom. The Bertz CT molecular complexity index is 701. The molecule has 5 nitrogen and oxygen atoms in total. The van der Waals surface area contributed by atoms with Gasteiger partial charge < -0.3 is 9.88 Å². The Hall–Kier alpha value is -2.17. The molecule has 120 valence electrons. The zero-order valence-electron chi connectivity index (χ0n) is 13.3. The van der Waals surface area contributed by atoms with E-state index in [1.807, 2.05) is 18.2 Å². The van der Waals surface area contributed by atoms with Gasteiger partial charge in [0.05, 0.1) is 12.0 Å². The summed E-state index contributed by atoms with van der Waals surface area (Å²) >= 11 is 0. The van der Waals surface area contributed by atoms with Crippen molar-refractivity contribution >= 4 is 5.91 Å². The van der Waals surface area contributed by atoms with Crippen LogP contribution in [0.2, 0.25) is 0 Å². The van der Waals surface area contributed by atoms with Gasteiger partial charge in [0.1, 0.15) is 5.82 Å². The fraction of sp³-hybridized carbons (Fsp3) is 0.500. The predicted octanol–water partition coefficient (Wildman–Crippen LogP) is 2.35. The Kier molecular flexibility index (Phi) is 3.63. The maximum absolute atomic E-state index is 13.0. The molecule has 1 saturated carbocycles. The number of carbonyl (C=O) groups excluding carboxylic acids is 1. The molecule has 1 fully saturated rings. The number of aromatic nitrogens is 3. The van der Waals surface area contributed by atoms with Crippen LogP contribution < -0.4 is 5.32 Å². The smallest absolute Gasteiger partial charge is 0.231 e. The standard InChI is InChI=1S/C18H22N4O/c23-17(19-13-16-21-20-15-9-6-12-22(15)16)18(10-4-5-11-18)14-7-2-1-3-8-14/h1-3,7-8H,4-6,9-13H2,(H,19,23). The molecule has 0 unspecified atom stereocenters. The van der Waals surface area contributed by atoms with E-state index in [0.29, 0.717) is 6.54 Å². The first-order valence-electron chi connectivity index (χ1n) is 8.54. The molecule has 1 aromatic heterocycles. The number of benzene rings is 1. The van der Waals surface area contributed by atoms with Crippen molar-refractivity contribution in [2.75, 3.05) is 0 Å². The molecule has 2 aromatic rings. The van der Waals surface area contributed by atoms with E-state index in [-0.39, 0.29) is 11.3 Å². The number of aryl methyl sites for hydroxylation is 1. The minimum atomic E-state index is -0.366. The molecule has 2 heterocycles. The molecule has 1 N–H and O–H groups in total. The van der Waals surface area contributed by atoms with Gasteiger partial charge in [0.2, 0.25) is 5.91 Å². The number of nitrogens with zero attached hydrogens (tertiary/aromatic N) is 3. The summed E-state index contributed by atoms with van der Waals surface area (Å²) in [5.74, 6) is 2.07. The SMILES string of the molecule is O=C(NCc1nnc2n1CCC2)C1(c2ccccc2)CCCC1. The highest BCUT2D eigenvalue weighted by atomic mass is 16.2. The van der Waals surface area contributed by atoms with Gasteiger partial charge in [-0.1, -0.05) is 43.2 Å². The predicted molar refractivity (Wildman–Crippen MR) is 86.8 cm³/mol. The van der Waals surface area contributed by atoms with E-state index in [2.05, 4.69) is 32.2 Å². The maximum atomic E-state index is 13.0. The summed E-state index contributed by atoms with van der Waals surface area (Å²) in [7, 11) is 0. The lowest BCUT2D eigenvalue weighted by Crippen LogP contribution is -2.42. The number of amides is 1. The molecule has 1 aliphatic carbocycles. The van der Waals surface area contributed by atoms with Gasteiger partial charge in [-0.2, -0.15) is 0 Å². The molecule has 4 rings (SSSR count). The van der Waals surface area contributed by atoms with Crippen LogP contribution in [0, 0.1) is 0 Å². The fourth-order valence-electron chi connectivity index (χ4n) is 4.05. The first kappa shape index (κ1) is 14.4. The van der Waals surface area contributed by atoms with Crippen molar-refractivity contribution in [3.63, 3.8) is 0 Å². The van der Waals surface area contributed by atoms with Crippen LogP contribution in [-0.2, 0) is 29.7 Å². The highest BCUT2D eigenvalue weighted by molar-refractivity contribution is 5.88. The molecule has 1 aliphatic heterocycles. The van der Waals surface area contributed by atoms with Gasteiger partial charge in [0.15, 0.2) is 5.82 Å². The maximum Gasteiger partial charge on any atom is 0.231 e. The number of fused-ring (bicyclic) bond motifs is 1. The number of carbonyl (C=O) groups is 1. The first-order valence-corrected chi connectivity index (χ1v) is 8.54. The lowest BCUT2D eigenvalue weighted by atomic mass is 9.78. The molecule has 0 spiro atoms. The summed E-state index contributed by atoms with van der Waals surface area (Å²) in [6.07, 6.45) is 6.21. The molecule has 0 saturated heterocycles. The van der Waals surface area contributed by atoms with Crippen LogP contribution in [0.1, 0.15) is 49.3 Å². The van der Waals surface area contributed by atoms with Crippen molar-refractivity contribution in [3.05, 3.63) is 47.5 Å². The Labute approximate surface area is 136 Å². The molecule has 1 amide bonds. The normalized spacial score (nSPS) is 18.8. The van der Waals surface area contributed by atoms with Gasteiger partial charge in [0, 0.05) is 13.0 Å². The third-order valence-corrected chi connectivity index (χ3v) is 5.31. The van der Waals surface area contributed by atoms with E-state index in [0.717, 1.165) is 62.3 Å². The van der Waals surface area contributed by atoms with Crippen LogP contribution in [0.25, 0.3) is 0 Å². The molecular weight excluding hydrogens is 288 g/mol. The first-order chi connectivity index (χ1) is 11.3. The highest BCUT2D eigenvalue weighted by Crippen LogP contribution is 2.41. The quantitative estimate of drug-likeness (QED) is 0.943. The van der Waals surface area contributed by atoms with Crippen molar-refractivity contribution in [3.8, 4) is 0 Å². The van der Waals surface area contributed by atoms with Gasteiger partial charge in [-0.3, -0.25) is 4.79 Å². The average Bonchev–Trinajstić information content (AvgIpc) is 3.31. The zero-order valence-corrected chi connectivity index (χ0v) is 13.3. The second-order valence-corrected chi connectivity index (χ2v) is 6.63. The monoisotopic (exact) mass is 310 g/mol. The van der Waals surface area contributed by atoms with Gasteiger partial charge in [-0.15, -0.1) is 10.2 Å².